The van der Waals surface area contributed by atoms with Crippen LogP contribution in [0.15, 0.2) is 66.4 Å². The van der Waals surface area contributed by atoms with E-state index in [0.717, 1.165) is 5.56 Å². The van der Waals surface area contributed by atoms with Crippen molar-refractivity contribution in [3.63, 3.8) is 0 Å². The summed E-state index contributed by atoms with van der Waals surface area (Å²) in [6.07, 6.45) is 1.63. The van der Waals surface area contributed by atoms with Gasteiger partial charge in [0, 0.05) is 6.07 Å². The van der Waals surface area contributed by atoms with Gasteiger partial charge in [0.2, 0.25) is 5.78 Å². The van der Waals surface area contributed by atoms with E-state index in [0.29, 0.717) is 16.9 Å². The van der Waals surface area contributed by atoms with E-state index in [-0.39, 0.29) is 28.6 Å². The number of Topliss-reactive ketones (excluding diaryl/α,β-unsaturated/α-hetero) is 1. The second-order valence-electron chi connectivity index (χ2n) is 6.70. The number of aryl methyl sites for hydroxylation is 1. The van der Waals surface area contributed by atoms with Crippen LogP contribution in [0, 0.1) is 12.7 Å². The Morgan fingerprint density at radius 2 is 1.77 bits per heavy atom. The van der Waals surface area contributed by atoms with Crippen LogP contribution >= 0.6 is 0 Å². The lowest BCUT2D eigenvalue weighted by Crippen LogP contribution is -2.10. The summed E-state index contributed by atoms with van der Waals surface area (Å²) < 4.78 is 30.0. The zero-order valence-corrected chi connectivity index (χ0v) is 16.3. The van der Waals surface area contributed by atoms with Crippen molar-refractivity contribution < 1.29 is 28.2 Å². The third-order valence-corrected chi connectivity index (χ3v) is 4.66. The summed E-state index contributed by atoms with van der Waals surface area (Å²) in [5.74, 6) is -0.436. The summed E-state index contributed by atoms with van der Waals surface area (Å²) in [7, 11) is 1.58. The minimum absolute atomic E-state index is 0.163. The van der Waals surface area contributed by atoms with Crippen LogP contribution in [-0.4, -0.2) is 18.9 Å². The average Bonchev–Trinajstić information content (AvgIpc) is 3.04. The minimum atomic E-state index is -0.828. The molecule has 0 radical (unpaired) electrons. The second-order valence-corrected chi connectivity index (χ2v) is 6.70. The van der Waals surface area contributed by atoms with E-state index in [1.54, 1.807) is 56.5 Å². The van der Waals surface area contributed by atoms with Crippen LogP contribution < -0.4 is 14.2 Å². The SMILES string of the molecule is COc1ccc(/C=C2\Oc3cc(OC(=O)c4ccccc4F)cc(C)c3C2=O)cc1. The highest BCUT2D eigenvalue weighted by molar-refractivity contribution is 6.15. The van der Waals surface area contributed by atoms with E-state index in [2.05, 4.69) is 0 Å². The molecule has 1 heterocycles. The van der Waals surface area contributed by atoms with Gasteiger partial charge in [0.25, 0.3) is 0 Å². The molecule has 0 saturated carbocycles. The number of hydrogen-bond acceptors (Lipinski definition) is 5. The monoisotopic (exact) mass is 404 g/mol. The Bertz CT molecular complexity index is 1180. The Morgan fingerprint density at radius 1 is 1.03 bits per heavy atom. The van der Waals surface area contributed by atoms with Crippen LogP contribution in [0.3, 0.4) is 0 Å². The summed E-state index contributed by atoms with van der Waals surface area (Å²) in [5.41, 5.74) is 1.59. The number of methoxy groups -OCH3 is 1. The van der Waals surface area contributed by atoms with Crippen LogP contribution in [0.1, 0.15) is 31.8 Å². The molecule has 1 aliphatic rings. The van der Waals surface area contributed by atoms with Crippen molar-refractivity contribution in [3.8, 4) is 17.2 Å². The Balaban J connectivity index is 1.60. The summed E-state index contributed by atoms with van der Waals surface area (Å²) in [4.78, 5) is 25.0. The molecule has 150 valence electrons. The molecule has 0 N–H and O–H groups in total. The van der Waals surface area contributed by atoms with Gasteiger partial charge in [0.15, 0.2) is 5.76 Å². The van der Waals surface area contributed by atoms with Gasteiger partial charge in [-0.05, 0) is 54.5 Å². The van der Waals surface area contributed by atoms with Crippen molar-refractivity contribution in [2.24, 2.45) is 0 Å². The molecular weight excluding hydrogens is 387 g/mol. The Labute approximate surface area is 172 Å². The molecule has 0 fully saturated rings. The highest BCUT2D eigenvalue weighted by atomic mass is 19.1. The first-order valence-electron chi connectivity index (χ1n) is 9.16. The summed E-state index contributed by atoms with van der Waals surface area (Å²) in [6, 6.07) is 15.7. The fourth-order valence-corrected chi connectivity index (χ4v) is 3.18. The third kappa shape index (κ3) is 3.67. The van der Waals surface area contributed by atoms with Crippen molar-refractivity contribution in [1.82, 2.24) is 0 Å². The quantitative estimate of drug-likeness (QED) is 0.349. The maximum atomic E-state index is 13.8. The third-order valence-electron chi connectivity index (χ3n) is 4.66. The van der Waals surface area contributed by atoms with Crippen molar-refractivity contribution >= 4 is 17.8 Å². The van der Waals surface area contributed by atoms with Crippen LogP contribution in [0.2, 0.25) is 0 Å². The number of carbonyl (C=O) groups excluding carboxylic acids is 2. The van der Waals surface area contributed by atoms with Crippen LogP contribution in [0.25, 0.3) is 6.08 Å². The number of rotatable bonds is 4. The number of allylic oxidation sites excluding steroid dienone is 1. The molecule has 6 heteroatoms. The second kappa shape index (κ2) is 7.83. The predicted molar refractivity (Wildman–Crippen MR) is 108 cm³/mol. The molecule has 0 amide bonds. The molecule has 3 aromatic rings. The van der Waals surface area contributed by atoms with E-state index in [9.17, 15) is 14.0 Å². The lowest BCUT2D eigenvalue weighted by Gasteiger charge is -2.08. The van der Waals surface area contributed by atoms with E-state index in [1.165, 1.54) is 24.3 Å². The highest BCUT2D eigenvalue weighted by Gasteiger charge is 2.30. The van der Waals surface area contributed by atoms with Gasteiger partial charge in [-0.15, -0.1) is 0 Å². The fraction of sp³-hybridized carbons (Fsp3) is 0.0833. The maximum Gasteiger partial charge on any atom is 0.346 e. The molecule has 30 heavy (non-hydrogen) atoms. The van der Waals surface area contributed by atoms with E-state index >= 15 is 0 Å². The first kappa shape index (κ1) is 19.4. The summed E-state index contributed by atoms with van der Waals surface area (Å²) >= 11 is 0. The molecule has 1 aliphatic heterocycles. The van der Waals surface area contributed by atoms with Crippen molar-refractivity contribution in [2.75, 3.05) is 7.11 Å². The van der Waals surface area contributed by atoms with Gasteiger partial charge in [0.05, 0.1) is 18.2 Å². The van der Waals surface area contributed by atoms with Gasteiger partial charge >= 0.3 is 5.97 Å². The zero-order chi connectivity index (χ0) is 21.3. The minimum Gasteiger partial charge on any atom is -0.497 e. The van der Waals surface area contributed by atoms with E-state index in [4.69, 9.17) is 14.2 Å². The molecule has 0 aromatic heterocycles. The first-order valence-corrected chi connectivity index (χ1v) is 9.16. The van der Waals surface area contributed by atoms with Gasteiger partial charge in [-0.3, -0.25) is 4.79 Å². The standard InChI is InChI=1S/C24H17FO5/c1-14-11-17(29-24(27)18-5-3-4-6-19(18)25)13-20-22(14)23(26)21(30-20)12-15-7-9-16(28-2)10-8-15/h3-13H,1-2H3/b21-12-. The number of ketones is 1. The lowest BCUT2D eigenvalue weighted by atomic mass is 10.0. The molecule has 0 saturated heterocycles. The topological polar surface area (TPSA) is 61.8 Å². The fourth-order valence-electron chi connectivity index (χ4n) is 3.18. The smallest absolute Gasteiger partial charge is 0.346 e. The van der Waals surface area contributed by atoms with Crippen molar-refractivity contribution in [2.45, 2.75) is 6.92 Å². The lowest BCUT2D eigenvalue weighted by molar-refractivity contribution is 0.0729. The number of esters is 1. The van der Waals surface area contributed by atoms with E-state index < -0.39 is 11.8 Å². The first-order chi connectivity index (χ1) is 14.5. The van der Waals surface area contributed by atoms with Crippen LogP contribution in [0.4, 0.5) is 4.39 Å². The van der Waals surface area contributed by atoms with Gasteiger partial charge in [-0.2, -0.15) is 0 Å². The molecule has 0 atom stereocenters. The van der Waals surface area contributed by atoms with E-state index in [1.807, 2.05) is 0 Å². The molecule has 0 spiro atoms. The van der Waals surface area contributed by atoms with Crippen LogP contribution in [0.5, 0.6) is 17.2 Å². The van der Waals surface area contributed by atoms with Gasteiger partial charge < -0.3 is 14.2 Å². The molecule has 3 aromatic carbocycles. The maximum absolute atomic E-state index is 13.8. The summed E-state index contributed by atoms with van der Waals surface area (Å²) in [6.45, 7) is 1.72. The number of hydrogen-bond donors (Lipinski definition) is 0. The highest BCUT2D eigenvalue weighted by Crippen LogP contribution is 2.37. The molecular formula is C24H17FO5. The zero-order valence-electron chi connectivity index (χ0n) is 16.3. The number of halogens is 1. The number of benzene rings is 3. The molecule has 0 aliphatic carbocycles. The van der Waals surface area contributed by atoms with Gasteiger partial charge in [-0.1, -0.05) is 24.3 Å². The Kier molecular flexibility index (Phi) is 5.06. The number of fused-ring (bicyclic) bond motifs is 1. The normalized spacial score (nSPS) is 13.7. The number of ether oxygens (including phenoxy) is 3. The predicted octanol–water partition coefficient (Wildman–Crippen LogP) is 4.98. The molecule has 0 unspecified atom stereocenters. The molecule has 0 bridgehead atoms. The number of carbonyl (C=O) groups is 2. The van der Waals surface area contributed by atoms with Crippen LogP contribution in [-0.2, 0) is 0 Å². The van der Waals surface area contributed by atoms with Crippen molar-refractivity contribution in [3.05, 3.63) is 94.5 Å². The Morgan fingerprint density at radius 3 is 2.47 bits per heavy atom. The van der Waals surface area contributed by atoms with Crippen molar-refractivity contribution in [1.29, 1.82) is 0 Å². The largest absolute Gasteiger partial charge is 0.497 e. The van der Waals surface area contributed by atoms with Gasteiger partial charge in [-0.25, -0.2) is 9.18 Å². The summed E-state index contributed by atoms with van der Waals surface area (Å²) in [5, 5.41) is 0. The molecule has 4 rings (SSSR count). The van der Waals surface area contributed by atoms with Gasteiger partial charge in [0.1, 0.15) is 23.1 Å². The Hall–Kier alpha value is -3.93. The average molecular weight is 404 g/mol. The molecule has 5 nitrogen and oxygen atoms in total.